The highest BCUT2D eigenvalue weighted by molar-refractivity contribution is 7.71. The molecule has 0 aliphatic rings. The molecule has 0 unspecified atom stereocenters. The molecule has 6 heteroatoms. The minimum absolute atomic E-state index is 0.363. The van der Waals surface area contributed by atoms with Crippen molar-refractivity contribution in [2.45, 2.75) is 13.0 Å². The first-order valence-corrected chi connectivity index (χ1v) is 7.92. The van der Waals surface area contributed by atoms with Crippen LogP contribution >= 0.6 is 12.2 Å². The SMILES string of the molecule is COc1ccc(-c2nn(CCC#N)c(=S)n2-c2ccccc2)cc1. The summed E-state index contributed by atoms with van der Waals surface area (Å²) in [5.41, 5.74) is 1.87. The molecule has 0 amide bonds. The van der Waals surface area contributed by atoms with Gasteiger partial charge in [0.15, 0.2) is 5.82 Å². The number of hydrogen-bond acceptors (Lipinski definition) is 4. The minimum Gasteiger partial charge on any atom is -0.497 e. The summed E-state index contributed by atoms with van der Waals surface area (Å²) in [4.78, 5) is 0. The molecule has 1 aromatic heterocycles. The van der Waals surface area contributed by atoms with E-state index in [2.05, 4.69) is 11.2 Å². The maximum atomic E-state index is 8.84. The van der Waals surface area contributed by atoms with Crippen molar-refractivity contribution in [3.05, 3.63) is 59.4 Å². The predicted molar refractivity (Wildman–Crippen MR) is 94.6 cm³/mol. The molecule has 0 saturated heterocycles. The minimum atomic E-state index is 0.363. The fourth-order valence-corrected chi connectivity index (χ4v) is 2.77. The van der Waals surface area contributed by atoms with E-state index in [1.54, 1.807) is 11.8 Å². The first kappa shape index (κ1) is 16.0. The van der Waals surface area contributed by atoms with Crippen LogP contribution in [0.5, 0.6) is 5.75 Å². The van der Waals surface area contributed by atoms with Crippen molar-refractivity contribution in [1.29, 1.82) is 5.26 Å². The molecule has 0 fully saturated rings. The molecule has 0 spiro atoms. The molecule has 0 radical (unpaired) electrons. The average Bonchev–Trinajstić information content (AvgIpc) is 2.97. The Morgan fingerprint density at radius 1 is 1.12 bits per heavy atom. The summed E-state index contributed by atoms with van der Waals surface area (Å²) in [7, 11) is 1.64. The lowest BCUT2D eigenvalue weighted by atomic mass is 10.2. The molecule has 0 aliphatic heterocycles. The van der Waals surface area contributed by atoms with Crippen LogP contribution in [0.1, 0.15) is 6.42 Å². The van der Waals surface area contributed by atoms with E-state index in [-0.39, 0.29) is 0 Å². The molecule has 0 atom stereocenters. The standard InChI is InChI=1S/C18H16N4OS/c1-23-16-10-8-14(9-11-16)17-20-21(13-5-12-19)18(24)22(17)15-6-3-2-4-7-15/h2-4,6-11H,5,13H2,1H3. The van der Waals surface area contributed by atoms with Crippen LogP contribution in [0.15, 0.2) is 54.6 Å². The summed E-state index contributed by atoms with van der Waals surface area (Å²) in [6, 6.07) is 19.7. The fraction of sp³-hybridized carbons (Fsp3) is 0.167. The number of rotatable bonds is 5. The lowest BCUT2D eigenvalue weighted by molar-refractivity contribution is 0.415. The van der Waals surface area contributed by atoms with Gasteiger partial charge in [-0.25, -0.2) is 4.68 Å². The van der Waals surface area contributed by atoms with Crippen molar-refractivity contribution >= 4 is 12.2 Å². The molecule has 0 aliphatic carbocycles. The summed E-state index contributed by atoms with van der Waals surface area (Å²) >= 11 is 5.59. The maximum absolute atomic E-state index is 8.84. The number of methoxy groups -OCH3 is 1. The van der Waals surface area contributed by atoms with Gasteiger partial charge in [0.25, 0.3) is 0 Å². The Kier molecular flexibility index (Phi) is 4.73. The van der Waals surface area contributed by atoms with Crippen LogP contribution in [-0.2, 0) is 6.54 Å². The number of nitrogens with zero attached hydrogens (tertiary/aromatic N) is 4. The van der Waals surface area contributed by atoms with E-state index in [0.29, 0.717) is 17.7 Å². The monoisotopic (exact) mass is 336 g/mol. The smallest absolute Gasteiger partial charge is 0.202 e. The molecular formula is C18H16N4OS. The Labute approximate surface area is 145 Å². The van der Waals surface area contributed by atoms with Gasteiger partial charge in [0.05, 0.1) is 26.1 Å². The van der Waals surface area contributed by atoms with Crippen LogP contribution in [0, 0.1) is 16.1 Å². The third-order valence-electron chi connectivity index (χ3n) is 3.64. The van der Waals surface area contributed by atoms with Crippen LogP contribution in [-0.4, -0.2) is 21.5 Å². The maximum Gasteiger partial charge on any atom is 0.202 e. The van der Waals surface area contributed by atoms with Crippen LogP contribution in [0.3, 0.4) is 0 Å². The van der Waals surface area contributed by atoms with Crippen molar-refractivity contribution in [3.8, 4) is 28.9 Å². The number of aryl methyl sites for hydroxylation is 1. The zero-order chi connectivity index (χ0) is 16.9. The quantitative estimate of drug-likeness (QED) is 0.661. The summed E-state index contributed by atoms with van der Waals surface area (Å²) in [6.45, 7) is 0.471. The van der Waals surface area contributed by atoms with Gasteiger partial charge in [-0.3, -0.25) is 4.57 Å². The van der Waals surface area contributed by atoms with Crippen molar-refractivity contribution < 1.29 is 4.74 Å². The first-order chi connectivity index (χ1) is 11.7. The number of benzene rings is 2. The van der Waals surface area contributed by atoms with Gasteiger partial charge in [-0.15, -0.1) is 0 Å². The average molecular weight is 336 g/mol. The van der Waals surface area contributed by atoms with E-state index >= 15 is 0 Å². The second kappa shape index (κ2) is 7.11. The molecule has 3 aromatic rings. The van der Waals surface area contributed by atoms with Gasteiger partial charge in [-0.2, -0.15) is 10.4 Å². The molecule has 1 heterocycles. The molecule has 0 saturated carbocycles. The van der Waals surface area contributed by atoms with E-state index in [9.17, 15) is 0 Å². The van der Waals surface area contributed by atoms with Gasteiger partial charge >= 0.3 is 0 Å². The molecule has 0 bridgehead atoms. The Balaban J connectivity index is 2.16. The topological polar surface area (TPSA) is 55.8 Å². The Bertz CT molecular complexity index is 920. The van der Waals surface area contributed by atoms with Gasteiger partial charge in [-0.1, -0.05) is 18.2 Å². The summed E-state index contributed by atoms with van der Waals surface area (Å²) in [6.07, 6.45) is 0.363. The molecule has 120 valence electrons. The molecule has 3 rings (SSSR count). The number of ether oxygens (including phenoxy) is 1. The first-order valence-electron chi connectivity index (χ1n) is 7.51. The van der Waals surface area contributed by atoms with Crippen LogP contribution in [0.4, 0.5) is 0 Å². The van der Waals surface area contributed by atoms with Crippen molar-refractivity contribution in [2.24, 2.45) is 0 Å². The zero-order valence-corrected chi connectivity index (χ0v) is 14.0. The Morgan fingerprint density at radius 3 is 2.46 bits per heavy atom. The lowest BCUT2D eigenvalue weighted by Gasteiger charge is -2.07. The summed E-state index contributed by atoms with van der Waals surface area (Å²) in [5.74, 6) is 1.53. The summed E-state index contributed by atoms with van der Waals surface area (Å²) in [5, 5.41) is 13.5. The van der Waals surface area contributed by atoms with Gasteiger partial charge in [0.2, 0.25) is 4.77 Å². The Hall–Kier alpha value is -2.91. The van der Waals surface area contributed by atoms with Crippen molar-refractivity contribution in [3.63, 3.8) is 0 Å². The number of hydrogen-bond donors (Lipinski definition) is 0. The van der Waals surface area contributed by atoms with Crippen LogP contribution < -0.4 is 4.74 Å². The second-order valence-corrected chi connectivity index (χ2v) is 5.50. The fourth-order valence-electron chi connectivity index (χ4n) is 2.45. The predicted octanol–water partition coefficient (Wildman–Crippen LogP) is 3.99. The molecule has 24 heavy (non-hydrogen) atoms. The largest absolute Gasteiger partial charge is 0.497 e. The third-order valence-corrected chi connectivity index (χ3v) is 4.03. The lowest BCUT2D eigenvalue weighted by Crippen LogP contribution is -2.01. The summed E-state index contributed by atoms with van der Waals surface area (Å²) < 4.78 is 9.41. The highest BCUT2D eigenvalue weighted by Crippen LogP contribution is 2.24. The number of aromatic nitrogens is 3. The normalized spacial score (nSPS) is 10.3. The highest BCUT2D eigenvalue weighted by Gasteiger charge is 2.14. The molecule has 0 N–H and O–H groups in total. The van der Waals surface area contributed by atoms with Crippen molar-refractivity contribution in [2.75, 3.05) is 7.11 Å². The van der Waals surface area contributed by atoms with Crippen molar-refractivity contribution in [1.82, 2.24) is 14.3 Å². The van der Waals surface area contributed by atoms with E-state index in [1.165, 1.54) is 0 Å². The number of nitriles is 1. The van der Waals surface area contributed by atoms with Gasteiger partial charge in [0, 0.05) is 11.3 Å². The van der Waals surface area contributed by atoms with Crippen LogP contribution in [0.2, 0.25) is 0 Å². The Morgan fingerprint density at radius 2 is 1.83 bits per heavy atom. The van der Waals surface area contributed by atoms with Gasteiger partial charge in [0.1, 0.15) is 5.75 Å². The zero-order valence-electron chi connectivity index (χ0n) is 13.2. The van der Waals surface area contributed by atoms with E-state index < -0.39 is 0 Å². The number of para-hydroxylation sites is 1. The molecule has 5 nitrogen and oxygen atoms in total. The highest BCUT2D eigenvalue weighted by atomic mass is 32.1. The molecular weight excluding hydrogens is 320 g/mol. The van der Waals surface area contributed by atoms with E-state index in [4.69, 9.17) is 22.2 Å². The van der Waals surface area contributed by atoms with E-state index in [1.807, 2.05) is 59.2 Å². The van der Waals surface area contributed by atoms with Gasteiger partial charge < -0.3 is 4.74 Å². The van der Waals surface area contributed by atoms with Crippen LogP contribution in [0.25, 0.3) is 17.1 Å². The van der Waals surface area contributed by atoms with Gasteiger partial charge in [-0.05, 0) is 48.6 Å². The molecule has 2 aromatic carbocycles. The third kappa shape index (κ3) is 3.07. The second-order valence-electron chi connectivity index (χ2n) is 5.14. The van der Waals surface area contributed by atoms with E-state index in [0.717, 1.165) is 22.8 Å².